The van der Waals surface area contributed by atoms with Crippen molar-refractivity contribution in [1.82, 2.24) is 5.32 Å². The molecule has 2 fully saturated rings. The van der Waals surface area contributed by atoms with E-state index in [1.807, 2.05) is 0 Å². The molecule has 1 aliphatic heterocycles. The Morgan fingerprint density at radius 2 is 1.85 bits per heavy atom. The number of hydrogen-bond acceptors (Lipinski definition) is 4. The molecule has 0 radical (unpaired) electrons. The Balaban J connectivity index is 0.00000200. The van der Waals surface area contributed by atoms with Gasteiger partial charge in [0.1, 0.15) is 0 Å². The van der Waals surface area contributed by atoms with E-state index < -0.39 is 5.54 Å². The second kappa shape index (κ2) is 5.79. The summed E-state index contributed by atoms with van der Waals surface area (Å²) in [5.74, 6) is -0.0490. The third-order valence-corrected chi connectivity index (χ3v) is 5.42. The number of amides is 1. The molecule has 0 bridgehead atoms. The zero-order valence-corrected chi connectivity index (χ0v) is 13.6. The van der Waals surface area contributed by atoms with E-state index in [2.05, 4.69) is 26.1 Å². The minimum atomic E-state index is -0.770. The van der Waals surface area contributed by atoms with Gasteiger partial charge in [0.15, 0.2) is 0 Å². The van der Waals surface area contributed by atoms with Gasteiger partial charge >= 0.3 is 0 Å². The molecule has 1 amide bonds. The zero-order valence-electron chi connectivity index (χ0n) is 12.8. The molecule has 2 rings (SSSR count). The molecule has 0 aromatic heterocycles. The lowest BCUT2D eigenvalue weighted by Crippen LogP contribution is -2.71. The summed E-state index contributed by atoms with van der Waals surface area (Å²) in [5, 5.41) is 3.11. The molecule has 2 unspecified atom stereocenters. The van der Waals surface area contributed by atoms with Crippen LogP contribution in [0.5, 0.6) is 0 Å². The Labute approximate surface area is 127 Å². The second-order valence-corrected chi connectivity index (χ2v) is 6.66. The molecule has 1 heterocycles. The van der Waals surface area contributed by atoms with Crippen LogP contribution in [-0.2, 0) is 14.3 Å². The number of hydrogen-bond donors (Lipinski definition) is 2. The van der Waals surface area contributed by atoms with E-state index >= 15 is 0 Å². The maximum atomic E-state index is 12.4. The van der Waals surface area contributed by atoms with Crippen LogP contribution in [-0.4, -0.2) is 43.4 Å². The van der Waals surface area contributed by atoms with Gasteiger partial charge in [-0.25, -0.2) is 0 Å². The number of rotatable bonds is 3. The lowest BCUT2D eigenvalue weighted by Gasteiger charge is -2.59. The maximum Gasteiger partial charge on any atom is 0.240 e. The molecule has 5 nitrogen and oxygen atoms in total. The number of nitrogens with two attached hydrogens (primary N) is 1. The highest BCUT2D eigenvalue weighted by Crippen LogP contribution is 2.51. The molecule has 20 heavy (non-hydrogen) atoms. The first kappa shape index (κ1) is 17.7. The molecule has 6 heteroatoms. The van der Waals surface area contributed by atoms with E-state index in [1.54, 1.807) is 7.11 Å². The highest BCUT2D eigenvalue weighted by atomic mass is 35.5. The third kappa shape index (κ3) is 2.69. The fourth-order valence-corrected chi connectivity index (χ4v) is 2.99. The van der Waals surface area contributed by atoms with Crippen molar-refractivity contribution in [3.8, 4) is 0 Å². The fourth-order valence-electron chi connectivity index (χ4n) is 2.99. The van der Waals surface area contributed by atoms with Gasteiger partial charge in [0, 0.05) is 31.8 Å². The van der Waals surface area contributed by atoms with Crippen LogP contribution in [0.15, 0.2) is 0 Å². The van der Waals surface area contributed by atoms with Crippen LogP contribution in [0.25, 0.3) is 0 Å². The third-order valence-electron chi connectivity index (χ3n) is 5.42. The van der Waals surface area contributed by atoms with Gasteiger partial charge in [0.2, 0.25) is 5.91 Å². The lowest BCUT2D eigenvalue weighted by atomic mass is 9.55. The summed E-state index contributed by atoms with van der Waals surface area (Å²) in [6, 6.07) is 0.119. The average Bonchev–Trinajstić information content (AvgIpc) is 2.38. The number of methoxy groups -OCH3 is 1. The Kier molecular flexibility index (Phi) is 5.12. The number of nitrogens with one attached hydrogen (secondary N) is 1. The predicted octanol–water partition coefficient (Wildman–Crippen LogP) is 1.24. The van der Waals surface area contributed by atoms with E-state index in [-0.39, 0.29) is 35.4 Å². The second-order valence-electron chi connectivity index (χ2n) is 6.66. The Bertz CT molecular complexity index is 369. The summed E-state index contributed by atoms with van der Waals surface area (Å²) in [7, 11) is 1.72. The van der Waals surface area contributed by atoms with Gasteiger partial charge < -0.3 is 20.5 Å². The number of carbonyl (C=O) groups is 1. The summed E-state index contributed by atoms with van der Waals surface area (Å²) in [4.78, 5) is 12.4. The van der Waals surface area contributed by atoms with E-state index in [9.17, 15) is 4.79 Å². The van der Waals surface area contributed by atoms with Crippen LogP contribution in [0.2, 0.25) is 0 Å². The minimum Gasteiger partial charge on any atom is -0.381 e. The zero-order chi connectivity index (χ0) is 14.3. The van der Waals surface area contributed by atoms with Gasteiger partial charge in [0.25, 0.3) is 0 Å². The molecule has 3 N–H and O–H groups in total. The van der Waals surface area contributed by atoms with Crippen molar-refractivity contribution in [3.05, 3.63) is 0 Å². The average molecular weight is 307 g/mol. The molecule has 1 saturated carbocycles. The van der Waals surface area contributed by atoms with Gasteiger partial charge in [-0.1, -0.05) is 13.8 Å². The molecule has 0 aromatic rings. The Hall–Kier alpha value is -0.360. The molecular weight excluding hydrogens is 280 g/mol. The summed E-state index contributed by atoms with van der Waals surface area (Å²) >= 11 is 0. The first-order chi connectivity index (χ1) is 8.75. The first-order valence-electron chi connectivity index (χ1n) is 6.98. The molecule has 0 aromatic carbocycles. The van der Waals surface area contributed by atoms with Crippen molar-refractivity contribution in [2.45, 2.75) is 57.2 Å². The molecule has 2 atom stereocenters. The number of halogens is 1. The number of carbonyl (C=O) groups excluding carboxylic acids is 1. The molecule has 2 aliphatic rings. The van der Waals surface area contributed by atoms with E-state index in [0.29, 0.717) is 26.1 Å². The quantitative estimate of drug-likeness (QED) is 0.822. The smallest absolute Gasteiger partial charge is 0.240 e. The summed E-state index contributed by atoms with van der Waals surface area (Å²) < 4.78 is 10.8. The van der Waals surface area contributed by atoms with Gasteiger partial charge in [-0.05, 0) is 26.2 Å². The topological polar surface area (TPSA) is 73.6 Å². The summed E-state index contributed by atoms with van der Waals surface area (Å²) in [6.45, 7) is 7.46. The number of ether oxygens (including phenoxy) is 2. The van der Waals surface area contributed by atoms with Crippen molar-refractivity contribution < 1.29 is 14.3 Å². The van der Waals surface area contributed by atoms with E-state index in [4.69, 9.17) is 15.2 Å². The van der Waals surface area contributed by atoms with Gasteiger partial charge in [0.05, 0.1) is 11.1 Å². The van der Waals surface area contributed by atoms with Crippen LogP contribution in [0.4, 0.5) is 0 Å². The van der Waals surface area contributed by atoms with Crippen LogP contribution >= 0.6 is 12.4 Å². The largest absolute Gasteiger partial charge is 0.381 e. The van der Waals surface area contributed by atoms with Crippen molar-refractivity contribution in [2.24, 2.45) is 11.1 Å². The Morgan fingerprint density at radius 1 is 1.30 bits per heavy atom. The molecule has 1 aliphatic carbocycles. The van der Waals surface area contributed by atoms with E-state index in [0.717, 1.165) is 6.42 Å². The Morgan fingerprint density at radius 3 is 2.30 bits per heavy atom. The standard InChI is InChI=1S/C14H26N2O3.ClH/c1-12(2)10(9-13(12,3)18-4)16-11(17)14(15)5-7-19-8-6-14;/h10H,5-9,15H2,1-4H3,(H,16,17);1H. The van der Waals surface area contributed by atoms with Gasteiger partial charge in [-0.15, -0.1) is 12.4 Å². The van der Waals surface area contributed by atoms with Crippen LogP contribution < -0.4 is 11.1 Å². The monoisotopic (exact) mass is 306 g/mol. The van der Waals surface area contributed by atoms with Crippen molar-refractivity contribution >= 4 is 18.3 Å². The fraction of sp³-hybridized carbons (Fsp3) is 0.929. The minimum absolute atomic E-state index is 0. The summed E-state index contributed by atoms with van der Waals surface area (Å²) in [6.07, 6.45) is 2.01. The lowest BCUT2D eigenvalue weighted by molar-refractivity contribution is -0.184. The van der Waals surface area contributed by atoms with Crippen LogP contribution in [0.3, 0.4) is 0 Å². The van der Waals surface area contributed by atoms with Crippen molar-refractivity contribution in [3.63, 3.8) is 0 Å². The van der Waals surface area contributed by atoms with Crippen molar-refractivity contribution in [2.75, 3.05) is 20.3 Å². The van der Waals surface area contributed by atoms with Gasteiger partial charge in [-0.2, -0.15) is 0 Å². The first-order valence-corrected chi connectivity index (χ1v) is 6.98. The van der Waals surface area contributed by atoms with Gasteiger partial charge in [-0.3, -0.25) is 4.79 Å². The van der Waals surface area contributed by atoms with Crippen LogP contribution in [0.1, 0.15) is 40.0 Å². The van der Waals surface area contributed by atoms with Crippen molar-refractivity contribution in [1.29, 1.82) is 0 Å². The van der Waals surface area contributed by atoms with Crippen LogP contribution in [0, 0.1) is 5.41 Å². The summed E-state index contributed by atoms with van der Waals surface area (Å²) in [5.41, 5.74) is 5.16. The molecule has 0 spiro atoms. The maximum absolute atomic E-state index is 12.4. The highest BCUT2D eigenvalue weighted by Gasteiger charge is 2.58. The predicted molar refractivity (Wildman–Crippen MR) is 80.0 cm³/mol. The normalized spacial score (nSPS) is 34.5. The van der Waals surface area contributed by atoms with E-state index in [1.165, 1.54) is 0 Å². The highest BCUT2D eigenvalue weighted by molar-refractivity contribution is 5.86. The molecule has 1 saturated heterocycles. The molecular formula is C14H27ClN2O3. The molecule has 118 valence electrons. The SMILES string of the molecule is COC1(C)CC(NC(=O)C2(N)CCOCC2)C1(C)C.Cl.